The molecule has 1 saturated heterocycles. The predicted molar refractivity (Wildman–Crippen MR) is 74.9 cm³/mol. The lowest BCUT2D eigenvalue weighted by Gasteiger charge is -2.18. The van der Waals surface area contributed by atoms with E-state index in [1.54, 1.807) is 0 Å². The highest BCUT2D eigenvalue weighted by Gasteiger charge is 2.47. The van der Waals surface area contributed by atoms with Crippen LogP contribution in [0.15, 0.2) is 18.2 Å². The number of rotatable bonds is 2. The summed E-state index contributed by atoms with van der Waals surface area (Å²) in [5.74, 6) is -3.11. The van der Waals surface area contributed by atoms with Crippen molar-refractivity contribution in [1.29, 1.82) is 0 Å². The Hall–Kier alpha value is -2.77. The molecule has 1 aromatic carbocycles. The van der Waals surface area contributed by atoms with Gasteiger partial charge >= 0.3 is 5.97 Å². The molecule has 1 fully saturated rings. The van der Waals surface area contributed by atoms with Crippen LogP contribution in [0.25, 0.3) is 0 Å². The second-order valence-electron chi connectivity index (χ2n) is 5.68. The third-order valence-electron chi connectivity index (χ3n) is 4.23. The molecule has 3 amide bonds. The third-order valence-corrected chi connectivity index (χ3v) is 4.23. The van der Waals surface area contributed by atoms with Crippen molar-refractivity contribution in [2.45, 2.75) is 12.1 Å². The van der Waals surface area contributed by atoms with E-state index in [1.165, 1.54) is 25.2 Å². The number of carboxylic acids is 1. The second kappa shape index (κ2) is 4.87. The van der Waals surface area contributed by atoms with Gasteiger partial charge in [0.1, 0.15) is 0 Å². The highest BCUT2D eigenvalue weighted by atomic mass is 19.1. The maximum atomic E-state index is 14.0. The molecule has 1 N–H and O–H groups in total. The van der Waals surface area contributed by atoms with Crippen LogP contribution in [0.1, 0.15) is 37.5 Å². The first-order chi connectivity index (χ1) is 10.7. The van der Waals surface area contributed by atoms with E-state index in [4.69, 9.17) is 5.11 Å². The maximum absolute atomic E-state index is 14.0. The van der Waals surface area contributed by atoms with E-state index < -0.39 is 35.9 Å². The van der Waals surface area contributed by atoms with E-state index in [2.05, 4.69) is 0 Å². The van der Waals surface area contributed by atoms with Gasteiger partial charge in [0.15, 0.2) is 0 Å². The minimum Gasteiger partial charge on any atom is -0.479 e. The van der Waals surface area contributed by atoms with Crippen LogP contribution in [-0.4, -0.2) is 64.4 Å². The van der Waals surface area contributed by atoms with Gasteiger partial charge in [0, 0.05) is 25.6 Å². The highest BCUT2D eigenvalue weighted by Crippen LogP contribution is 2.28. The van der Waals surface area contributed by atoms with Gasteiger partial charge in [0.25, 0.3) is 17.7 Å². The monoisotopic (exact) mass is 320 g/mol. The van der Waals surface area contributed by atoms with Crippen molar-refractivity contribution in [3.8, 4) is 0 Å². The molecular formula is C15H13FN2O5. The second-order valence-corrected chi connectivity index (χ2v) is 5.68. The summed E-state index contributed by atoms with van der Waals surface area (Å²) in [6.45, 7) is -0.559. The zero-order valence-corrected chi connectivity index (χ0v) is 12.2. The summed E-state index contributed by atoms with van der Waals surface area (Å²) >= 11 is 0. The number of nitrogens with zero attached hydrogens (tertiary/aromatic N) is 2. The Morgan fingerprint density at radius 3 is 2.48 bits per heavy atom. The molecule has 2 heterocycles. The molecule has 0 saturated carbocycles. The normalized spacial score (nSPS) is 23.4. The summed E-state index contributed by atoms with van der Waals surface area (Å²) in [4.78, 5) is 49.1. The van der Waals surface area contributed by atoms with E-state index in [-0.39, 0.29) is 29.7 Å². The molecule has 8 heteroatoms. The van der Waals surface area contributed by atoms with Gasteiger partial charge in [-0.1, -0.05) is 0 Å². The summed E-state index contributed by atoms with van der Waals surface area (Å²) in [5, 5.41) is 8.86. The zero-order chi connectivity index (χ0) is 16.9. The average molecular weight is 320 g/mol. The number of amides is 3. The fourth-order valence-corrected chi connectivity index (χ4v) is 2.80. The van der Waals surface area contributed by atoms with E-state index >= 15 is 0 Å². The summed E-state index contributed by atoms with van der Waals surface area (Å²) in [6.07, 6.45) is -0.279. The Kier molecular flexibility index (Phi) is 3.20. The summed E-state index contributed by atoms with van der Waals surface area (Å²) in [7, 11) is 1.34. The van der Waals surface area contributed by atoms with Crippen molar-refractivity contribution in [1.82, 2.24) is 9.80 Å². The number of aliphatic carboxylic acids is 1. The Morgan fingerprint density at radius 1 is 1.22 bits per heavy atom. The minimum atomic E-state index is -2.45. The topological polar surface area (TPSA) is 95.0 Å². The van der Waals surface area contributed by atoms with Crippen molar-refractivity contribution in [2.75, 3.05) is 20.1 Å². The molecule has 0 aliphatic carbocycles. The van der Waals surface area contributed by atoms with Crippen LogP contribution in [0.5, 0.6) is 0 Å². The molecule has 0 aromatic heterocycles. The third kappa shape index (κ3) is 2.18. The first kappa shape index (κ1) is 15.1. The van der Waals surface area contributed by atoms with Gasteiger partial charge in [-0.25, -0.2) is 9.18 Å². The molecule has 23 heavy (non-hydrogen) atoms. The van der Waals surface area contributed by atoms with Crippen LogP contribution in [0.2, 0.25) is 0 Å². The number of carboxylic acid groups (broad SMARTS) is 1. The van der Waals surface area contributed by atoms with E-state index in [0.29, 0.717) is 0 Å². The molecular weight excluding hydrogens is 307 g/mol. The average Bonchev–Trinajstić information content (AvgIpc) is 3.03. The number of halogens is 1. The Balaban J connectivity index is 1.87. The lowest BCUT2D eigenvalue weighted by atomic mass is 10.0. The number of hydrogen-bond acceptors (Lipinski definition) is 4. The zero-order valence-electron chi connectivity index (χ0n) is 12.2. The molecule has 1 unspecified atom stereocenters. The van der Waals surface area contributed by atoms with Gasteiger partial charge in [-0.3, -0.25) is 19.3 Å². The van der Waals surface area contributed by atoms with Gasteiger partial charge in [0.05, 0.1) is 17.7 Å². The largest absolute Gasteiger partial charge is 0.479 e. The van der Waals surface area contributed by atoms with Crippen LogP contribution >= 0.6 is 0 Å². The number of likely N-dealkylation sites (tertiary alicyclic amines) is 1. The Bertz CT molecular complexity index is 762. The SMILES string of the molecule is CN1C(=O)c2ccc(C(=O)N3CCC(F)(C(=O)O)C3)cc2C1=O. The van der Waals surface area contributed by atoms with Crippen LogP contribution in [0.3, 0.4) is 0 Å². The first-order valence-corrected chi connectivity index (χ1v) is 6.92. The Morgan fingerprint density at radius 2 is 1.87 bits per heavy atom. The fraction of sp³-hybridized carbons (Fsp3) is 0.333. The lowest BCUT2D eigenvalue weighted by Crippen LogP contribution is -2.38. The number of benzene rings is 1. The number of imide groups is 1. The van der Waals surface area contributed by atoms with Gasteiger partial charge in [-0.05, 0) is 18.2 Å². The molecule has 0 radical (unpaired) electrons. The van der Waals surface area contributed by atoms with E-state index in [1.807, 2.05) is 0 Å². The van der Waals surface area contributed by atoms with Crippen LogP contribution in [-0.2, 0) is 4.79 Å². The minimum absolute atomic E-state index is 0.0223. The van der Waals surface area contributed by atoms with Crippen molar-refractivity contribution in [2.24, 2.45) is 0 Å². The van der Waals surface area contributed by atoms with Gasteiger partial charge in [-0.2, -0.15) is 0 Å². The quantitative estimate of drug-likeness (QED) is 0.803. The number of hydrogen-bond donors (Lipinski definition) is 1. The molecule has 120 valence electrons. The highest BCUT2D eigenvalue weighted by molar-refractivity contribution is 6.21. The van der Waals surface area contributed by atoms with Crippen molar-refractivity contribution < 1.29 is 28.7 Å². The van der Waals surface area contributed by atoms with Gasteiger partial charge < -0.3 is 10.0 Å². The van der Waals surface area contributed by atoms with Gasteiger partial charge in [0.2, 0.25) is 5.67 Å². The van der Waals surface area contributed by atoms with E-state index in [0.717, 1.165) is 9.80 Å². The number of fused-ring (bicyclic) bond motifs is 1. The predicted octanol–water partition coefficient (Wildman–Crippen LogP) is 0.551. The van der Waals surface area contributed by atoms with Gasteiger partial charge in [-0.15, -0.1) is 0 Å². The van der Waals surface area contributed by atoms with Crippen LogP contribution < -0.4 is 0 Å². The summed E-state index contributed by atoms with van der Waals surface area (Å²) in [6, 6.07) is 4.05. The number of carbonyl (C=O) groups is 4. The molecule has 7 nitrogen and oxygen atoms in total. The molecule has 2 aliphatic heterocycles. The molecule has 0 spiro atoms. The van der Waals surface area contributed by atoms with Crippen LogP contribution in [0, 0.1) is 0 Å². The Labute approximate surface area is 130 Å². The summed E-state index contributed by atoms with van der Waals surface area (Å²) in [5.41, 5.74) is -2.00. The van der Waals surface area contributed by atoms with E-state index in [9.17, 15) is 23.6 Å². The first-order valence-electron chi connectivity index (χ1n) is 6.92. The molecule has 0 bridgehead atoms. The number of alkyl halides is 1. The maximum Gasteiger partial charge on any atom is 0.343 e. The van der Waals surface area contributed by atoms with Crippen LogP contribution in [0.4, 0.5) is 4.39 Å². The van der Waals surface area contributed by atoms with Crippen molar-refractivity contribution >= 4 is 23.7 Å². The molecule has 3 rings (SSSR count). The lowest BCUT2D eigenvalue weighted by molar-refractivity contribution is -0.149. The molecule has 1 aromatic rings. The van der Waals surface area contributed by atoms with Crippen molar-refractivity contribution in [3.05, 3.63) is 34.9 Å². The summed E-state index contributed by atoms with van der Waals surface area (Å²) < 4.78 is 14.0. The van der Waals surface area contributed by atoms with Crippen molar-refractivity contribution in [3.63, 3.8) is 0 Å². The fourth-order valence-electron chi connectivity index (χ4n) is 2.80. The number of carbonyl (C=O) groups excluding carboxylic acids is 3. The smallest absolute Gasteiger partial charge is 0.343 e. The molecule has 2 aliphatic rings. The molecule has 1 atom stereocenters. The standard InChI is InChI=1S/C15H13FN2O5/c1-17-12(20)9-3-2-8(6-10(9)13(17)21)11(19)18-5-4-15(16,7-18)14(22)23/h2-3,6H,4-5,7H2,1H3,(H,22,23).